The molecule has 5 rings (SSSR count). The highest BCUT2D eigenvalue weighted by Crippen LogP contribution is 2.21. The van der Waals surface area contributed by atoms with Crippen LogP contribution in [0.2, 0.25) is 0 Å². The fraction of sp³-hybridized carbons (Fsp3) is 0.515. The van der Waals surface area contributed by atoms with Crippen LogP contribution in [-0.4, -0.2) is 63.0 Å². The largest absolute Gasteiger partial charge is 0.353 e. The lowest BCUT2D eigenvalue weighted by atomic mass is 9.92. The van der Waals surface area contributed by atoms with E-state index in [9.17, 15) is 19.2 Å². The Hall–Kier alpha value is -3.72. The number of carbonyl (C=O) groups excluding carboxylic acids is 2. The number of carbonyl (C=O) groups is 2. The number of rotatable bonds is 9. The zero-order chi connectivity index (χ0) is 29.6. The highest BCUT2D eigenvalue weighted by atomic mass is 16.2. The van der Waals surface area contributed by atoms with Gasteiger partial charge >= 0.3 is 5.69 Å². The summed E-state index contributed by atoms with van der Waals surface area (Å²) in [6.07, 6.45) is 3.47. The summed E-state index contributed by atoms with van der Waals surface area (Å²) in [5.74, 6) is 0.649. The second kappa shape index (κ2) is 13.5. The molecule has 0 radical (unpaired) electrons. The second-order valence-corrected chi connectivity index (χ2v) is 12.3. The van der Waals surface area contributed by atoms with E-state index in [1.165, 1.54) is 14.7 Å². The Labute approximate surface area is 247 Å². The third kappa shape index (κ3) is 7.18. The van der Waals surface area contributed by atoms with Crippen molar-refractivity contribution in [3.63, 3.8) is 0 Å². The summed E-state index contributed by atoms with van der Waals surface area (Å²) in [4.78, 5) is 57.1. The molecule has 2 aliphatic heterocycles. The van der Waals surface area contributed by atoms with E-state index in [1.807, 2.05) is 11.0 Å². The van der Waals surface area contributed by atoms with Crippen LogP contribution in [0.1, 0.15) is 51.5 Å². The van der Waals surface area contributed by atoms with Crippen molar-refractivity contribution in [1.82, 2.24) is 24.3 Å². The molecule has 9 heteroatoms. The van der Waals surface area contributed by atoms with Crippen LogP contribution in [0, 0.1) is 11.8 Å². The molecule has 0 unspecified atom stereocenters. The molecule has 42 heavy (non-hydrogen) atoms. The summed E-state index contributed by atoms with van der Waals surface area (Å²) in [5, 5.41) is 3.54. The normalized spacial score (nSPS) is 20.1. The summed E-state index contributed by atoms with van der Waals surface area (Å²) >= 11 is 0. The van der Waals surface area contributed by atoms with Crippen molar-refractivity contribution in [3.8, 4) is 0 Å². The Bertz CT molecular complexity index is 1500. The number of amides is 2. The number of aromatic nitrogens is 2. The van der Waals surface area contributed by atoms with Gasteiger partial charge in [-0.05, 0) is 55.2 Å². The minimum absolute atomic E-state index is 0.0609. The van der Waals surface area contributed by atoms with Crippen molar-refractivity contribution in [1.29, 1.82) is 0 Å². The molecule has 0 spiro atoms. The van der Waals surface area contributed by atoms with Gasteiger partial charge in [-0.2, -0.15) is 0 Å². The minimum atomic E-state index is -0.503. The fourth-order valence-electron chi connectivity index (χ4n) is 6.60. The van der Waals surface area contributed by atoms with E-state index in [2.05, 4.69) is 48.3 Å². The van der Waals surface area contributed by atoms with Gasteiger partial charge in [-0.3, -0.25) is 28.4 Å². The topological polar surface area (TPSA) is 96.7 Å². The van der Waals surface area contributed by atoms with Crippen LogP contribution < -0.4 is 16.6 Å². The smallest absolute Gasteiger partial charge is 0.331 e. The van der Waals surface area contributed by atoms with Crippen LogP contribution in [0.3, 0.4) is 0 Å². The fourth-order valence-corrected chi connectivity index (χ4v) is 6.60. The number of fused-ring (bicyclic) bond motifs is 1. The van der Waals surface area contributed by atoms with Crippen molar-refractivity contribution in [3.05, 3.63) is 81.0 Å². The van der Waals surface area contributed by atoms with E-state index >= 15 is 0 Å². The number of nitrogens with zero attached hydrogens (tertiary/aromatic N) is 4. The first-order valence-electron chi connectivity index (χ1n) is 15.3. The molecule has 2 amide bonds. The highest BCUT2D eigenvalue weighted by Gasteiger charge is 2.27. The van der Waals surface area contributed by atoms with Gasteiger partial charge in [0.1, 0.15) is 6.54 Å². The van der Waals surface area contributed by atoms with E-state index in [1.54, 1.807) is 24.3 Å². The molecule has 2 aromatic carbocycles. The lowest BCUT2D eigenvalue weighted by molar-refractivity contribution is -0.134. The van der Waals surface area contributed by atoms with Gasteiger partial charge in [0.25, 0.3) is 5.56 Å². The Morgan fingerprint density at radius 2 is 1.55 bits per heavy atom. The van der Waals surface area contributed by atoms with E-state index in [-0.39, 0.29) is 42.9 Å². The van der Waals surface area contributed by atoms with Gasteiger partial charge < -0.3 is 10.2 Å². The minimum Gasteiger partial charge on any atom is -0.353 e. The first-order chi connectivity index (χ1) is 20.3. The third-order valence-electron chi connectivity index (χ3n) is 8.63. The number of hydrogen-bond acceptors (Lipinski definition) is 5. The van der Waals surface area contributed by atoms with Crippen molar-refractivity contribution in [2.45, 2.75) is 71.6 Å². The number of para-hydroxylation sites is 1. The Morgan fingerprint density at radius 1 is 0.881 bits per heavy atom. The SMILES string of the molecule is C[C@@H]1C[C@H](C)CN(C(=O)Cn2c(=O)n(CCCC(=O)NC3CCN(Cc4ccccc4)CC3)c(=O)c3ccccc32)C1. The third-order valence-corrected chi connectivity index (χ3v) is 8.63. The lowest BCUT2D eigenvalue weighted by Gasteiger charge is -2.35. The van der Waals surface area contributed by atoms with Crippen LogP contribution in [0.15, 0.2) is 64.2 Å². The molecule has 1 aromatic heterocycles. The molecule has 0 bridgehead atoms. The summed E-state index contributed by atoms with van der Waals surface area (Å²) in [5.41, 5.74) is 0.872. The van der Waals surface area contributed by atoms with Crippen LogP contribution >= 0.6 is 0 Å². The first-order valence-corrected chi connectivity index (χ1v) is 15.3. The molecule has 2 atom stereocenters. The molecule has 2 saturated heterocycles. The molecule has 3 heterocycles. The standard InChI is InChI=1S/C33H43N5O4/c1-24-19-25(2)21-36(20-24)31(40)23-38-29-12-7-6-11-28(29)32(41)37(33(38)42)16-8-13-30(39)34-27-14-17-35(18-15-27)22-26-9-4-3-5-10-26/h3-7,9-12,24-25,27H,8,13-23H2,1-2H3,(H,34,39)/t24-,25+. The summed E-state index contributed by atoms with van der Waals surface area (Å²) in [6, 6.07) is 17.5. The van der Waals surface area contributed by atoms with Crippen LogP contribution in [-0.2, 0) is 29.2 Å². The average Bonchev–Trinajstić information content (AvgIpc) is 2.98. The predicted octanol–water partition coefficient (Wildman–Crippen LogP) is 3.23. The van der Waals surface area contributed by atoms with Crippen molar-refractivity contribution in [2.75, 3.05) is 26.2 Å². The maximum absolute atomic E-state index is 13.6. The van der Waals surface area contributed by atoms with Crippen LogP contribution in [0.25, 0.3) is 10.9 Å². The van der Waals surface area contributed by atoms with Crippen molar-refractivity contribution in [2.24, 2.45) is 11.8 Å². The van der Waals surface area contributed by atoms with E-state index < -0.39 is 5.69 Å². The maximum Gasteiger partial charge on any atom is 0.331 e. The summed E-state index contributed by atoms with van der Waals surface area (Å²) < 4.78 is 2.61. The van der Waals surface area contributed by atoms with Gasteiger partial charge in [0, 0.05) is 51.7 Å². The van der Waals surface area contributed by atoms with Crippen molar-refractivity contribution < 1.29 is 9.59 Å². The maximum atomic E-state index is 13.6. The van der Waals surface area contributed by atoms with Gasteiger partial charge in [0.05, 0.1) is 10.9 Å². The monoisotopic (exact) mass is 573 g/mol. The Kier molecular flexibility index (Phi) is 9.57. The lowest BCUT2D eigenvalue weighted by Crippen LogP contribution is -2.47. The van der Waals surface area contributed by atoms with Crippen LogP contribution in [0.5, 0.6) is 0 Å². The quantitative estimate of drug-likeness (QED) is 0.424. The van der Waals surface area contributed by atoms with Gasteiger partial charge in [-0.1, -0.05) is 56.3 Å². The second-order valence-electron chi connectivity index (χ2n) is 12.3. The molecule has 0 aliphatic carbocycles. The Morgan fingerprint density at radius 3 is 2.26 bits per heavy atom. The number of piperidine rings is 2. The van der Waals surface area contributed by atoms with Gasteiger partial charge in [0.2, 0.25) is 11.8 Å². The number of benzene rings is 2. The molecule has 1 N–H and O–H groups in total. The van der Waals surface area contributed by atoms with E-state index in [0.29, 0.717) is 42.2 Å². The predicted molar refractivity (Wildman–Crippen MR) is 164 cm³/mol. The van der Waals surface area contributed by atoms with Crippen LogP contribution in [0.4, 0.5) is 0 Å². The molecule has 0 saturated carbocycles. The molecule has 9 nitrogen and oxygen atoms in total. The number of likely N-dealkylation sites (tertiary alicyclic amines) is 2. The summed E-state index contributed by atoms with van der Waals surface area (Å²) in [7, 11) is 0. The van der Waals surface area contributed by atoms with Gasteiger partial charge in [-0.25, -0.2) is 4.79 Å². The van der Waals surface area contributed by atoms with E-state index in [0.717, 1.165) is 38.9 Å². The van der Waals surface area contributed by atoms with Crippen molar-refractivity contribution >= 4 is 22.7 Å². The first kappa shape index (κ1) is 29.8. The molecule has 3 aromatic rings. The van der Waals surface area contributed by atoms with Gasteiger partial charge in [0.15, 0.2) is 0 Å². The average molecular weight is 574 g/mol. The summed E-state index contributed by atoms with van der Waals surface area (Å²) in [6.45, 7) is 8.43. The molecule has 2 aliphatic rings. The Balaban J connectivity index is 1.19. The molecular formula is C33H43N5O4. The molecular weight excluding hydrogens is 530 g/mol. The molecule has 224 valence electrons. The van der Waals surface area contributed by atoms with Gasteiger partial charge in [-0.15, -0.1) is 0 Å². The molecule has 2 fully saturated rings. The number of hydrogen-bond donors (Lipinski definition) is 1. The highest BCUT2D eigenvalue weighted by molar-refractivity contribution is 5.81. The number of nitrogens with one attached hydrogen (secondary N) is 1. The van der Waals surface area contributed by atoms with E-state index in [4.69, 9.17) is 0 Å². The zero-order valence-corrected chi connectivity index (χ0v) is 24.8. The zero-order valence-electron chi connectivity index (χ0n) is 24.8.